The summed E-state index contributed by atoms with van der Waals surface area (Å²) < 4.78 is 26.6. The van der Waals surface area contributed by atoms with Gasteiger partial charge in [0.05, 0.1) is 10.5 Å². The van der Waals surface area contributed by atoms with Crippen molar-refractivity contribution in [3.8, 4) is 0 Å². The summed E-state index contributed by atoms with van der Waals surface area (Å²) in [6, 6.07) is 10.8. The van der Waals surface area contributed by atoms with E-state index in [-0.39, 0.29) is 10.8 Å². The Balaban J connectivity index is 1.60. The van der Waals surface area contributed by atoms with Crippen LogP contribution in [0.2, 0.25) is 0 Å². The van der Waals surface area contributed by atoms with E-state index in [1.165, 1.54) is 18.4 Å². The van der Waals surface area contributed by atoms with Crippen LogP contribution in [-0.4, -0.2) is 81.9 Å². The summed E-state index contributed by atoms with van der Waals surface area (Å²) in [4.78, 5) is 24.2. The van der Waals surface area contributed by atoms with Crippen LogP contribution in [0.25, 0.3) is 0 Å². The first kappa shape index (κ1) is 21.6. The Morgan fingerprint density at radius 3 is 2.26 bits per heavy atom. The van der Waals surface area contributed by atoms with Crippen LogP contribution in [-0.2, 0) is 10.0 Å². The topological polar surface area (TPSA) is 77.1 Å². The van der Waals surface area contributed by atoms with Gasteiger partial charge in [-0.05, 0) is 43.2 Å². The van der Waals surface area contributed by atoms with Crippen LogP contribution in [0.3, 0.4) is 0 Å². The standard InChI is InChI=1S/C22H29N5O3S/c1-24(2)31(29,30)18-8-9-20(25-11-5-6-12-25)19(17-18)22(28)27-15-13-26(14-16-27)21-7-3-4-10-23-21/h3-4,7-10,17H,5-6,11-16H2,1-2H3. The highest BCUT2D eigenvalue weighted by molar-refractivity contribution is 7.89. The zero-order valence-electron chi connectivity index (χ0n) is 18.1. The second kappa shape index (κ2) is 8.84. The lowest BCUT2D eigenvalue weighted by molar-refractivity contribution is 0.0747. The fraction of sp³-hybridized carbons (Fsp3) is 0.455. The molecule has 31 heavy (non-hydrogen) atoms. The molecule has 8 nitrogen and oxygen atoms in total. The molecule has 0 saturated carbocycles. The molecule has 9 heteroatoms. The van der Waals surface area contributed by atoms with Crippen LogP contribution < -0.4 is 9.80 Å². The van der Waals surface area contributed by atoms with Gasteiger partial charge in [-0.1, -0.05) is 6.07 Å². The quantitative estimate of drug-likeness (QED) is 0.703. The Hall–Kier alpha value is -2.65. The molecule has 166 valence electrons. The molecule has 0 unspecified atom stereocenters. The zero-order chi connectivity index (χ0) is 22.0. The summed E-state index contributed by atoms with van der Waals surface area (Å²) in [5, 5.41) is 0. The third kappa shape index (κ3) is 4.38. The minimum absolute atomic E-state index is 0.113. The first-order valence-electron chi connectivity index (χ1n) is 10.6. The van der Waals surface area contributed by atoms with Crippen molar-refractivity contribution in [1.82, 2.24) is 14.2 Å². The highest BCUT2D eigenvalue weighted by Gasteiger charge is 2.29. The van der Waals surface area contributed by atoms with E-state index in [4.69, 9.17) is 0 Å². The first-order chi connectivity index (χ1) is 14.9. The predicted octanol–water partition coefficient (Wildman–Crippen LogP) is 1.89. The molecule has 2 fully saturated rings. The zero-order valence-corrected chi connectivity index (χ0v) is 18.9. The van der Waals surface area contributed by atoms with Crippen LogP contribution in [0.4, 0.5) is 11.5 Å². The molecule has 2 aromatic rings. The number of sulfonamides is 1. The van der Waals surface area contributed by atoms with Gasteiger partial charge < -0.3 is 14.7 Å². The summed E-state index contributed by atoms with van der Waals surface area (Å²) in [6.45, 7) is 4.29. The maximum Gasteiger partial charge on any atom is 0.256 e. The van der Waals surface area contributed by atoms with E-state index in [0.717, 1.165) is 37.4 Å². The highest BCUT2D eigenvalue weighted by atomic mass is 32.2. The minimum atomic E-state index is -3.62. The van der Waals surface area contributed by atoms with Crippen molar-refractivity contribution >= 4 is 27.4 Å². The molecule has 0 aliphatic carbocycles. The number of pyridine rings is 1. The van der Waals surface area contributed by atoms with Gasteiger partial charge in [-0.15, -0.1) is 0 Å². The SMILES string of the molecule is CN(C)S(=O)(=O)c1ccc(N2CCCC2)c(C(=O)N2CCN(c3ccccn3)CC2)c1. The molecule has 0 spiro atoms. The van der Waals surface area contributed by atoms with Gasteiger partial charge in [-0.25, -0.2) is 17.7 Å². The Morgan fingerprint density at radius 2 is 1.65 bits per heavy atom. The van der Waals surface area contributed by atoms with E-state index in [2.05, 4.69) is 14.8 Å². The van der Waals surface area contributed by atoms with E-state index < -0.39 is 10.0 Å². The van der Waals surface area contributed by atoms with Gasteiger partial charge in [-0.2, -0.15) is 0 Å². The Morgan fingerprint density at radius 1 is 0.935 bits per heavy atom. The van der Waals surface area contributed by atoms with E-state index in [9.17, 15) is 13.2 Å². The predicted molar refractivity (Wildman–Crippen MR) is 121 cm³/mol. The van der Waals surface area contributed by atoms with Crippen LogP contribution in [0.1, 0.15) is 23.2 Å². The Bertz CT molecular complexity index is 1030. The monoisotopic (exact) mass is 443 g/mol. The molecule has 2 saturated heterocycles. The van der Waals surface area contributed by atoms with E-state index >= 15 is 0 Å². The fourth-order valence-electron chi connectivity index (χ4n) is 4.14. The number of anilines is 2. The average Bonchev–Trinajstić information content (AvgIpc) is 3.33. The third-order valence-corrected chi connectivity index (χ3v) is 7.77. The second-order valence-electron chi connectivity index (χ2n) is 8.13. The fourth-order valence-corrected chi connectivity index (χ4v) is 5.07. The number of piperazine rings is 1. The number of nitrogens with zero attached hydrogens (tertiary/aromatic N) is 5. The van der Waals surface area contributed by atoms with Gasteiger partial charge in [0.15, 0.2) is 0 Å². The summed E-state index contributed by atoms with van der Waals surface area (Å²) in [5.41, 5.74) is 1.29. The number of rotatable bonds is 5. The smallest absolute Gasteiger partial charge is 0.256 e. The van der Waals surface area contributed by atoms with Crippen molar-refractivity contribution in [2.24, 2.45) is 0 Å². The Kier molecular flexibility index (Phi) is 6.15. The second-order valence-corrected chi connectivity index (χ2v) is 10.3. The van der Waals surface area contributed by atoms with Crippen molar-refractivity contribution in [1.29, 1.82) is 0 Å². The molecule has 2 aliphatic rings. The number of hydrogen-bond donors (Lipinski definition) is 0. The van der Waals surface area contributed by atoms with Gasteiger partial charge in [0.25, 0.3) is 5.91 Å². The molecule has 1 aromatic carbocycles. The summed E-state index contributed by atoms with van der Waals surface area (Å²) in [7, 11) is -0.617. The van der Waals surface area contributed by atoms with Crippen molar-refractivity contribution in [2.75, 3.05) is 63.2 Å². The van der Waals surface area contributed by atoms with Gasteiger partial charge in [0.2, 0.25) is 10.0 Å². The number of amides is 1. The van der Waals surface area contributed by atoms with Crippen molar-refractivity contribution in [2.45, 2.75) is 17.7 Å². The van der Waals surface area contributed by atoms with Crippen LogP contribution >= 0.6 is 0 Å². The lowest BCUT2D eigenvalue weighted by atomic mass is 10.1. The maximum atomic E-state index is 13.5. The molecule has 0 radical (unpaired) electrons. The van der Waals surface area contributed by atoms with Gasteiger partial charge >= 0.3 is 0 Å². The van der Waals surface area contributed by atoms with Crippen LogP contribution in [0.5, 0.6) is 0 Å². The average molecular weight is 444 g/mol. The van der Waals surface area contributed by atoms with Crippen molar-refractivity contribution in [3.63, 3.8) is 0 Å². The third-order valence-electron chi connectivity index (χ3n) is 5.96. The van der Waals surface area contributed by atoms with Crippen molar-refractivity contribution < 1.29 is 13.2 Å². The molecule has 0 N–H and O–H groups in total. The van der Waals surface area contributed by atoms with Gasteiger partial charge in [-0.3, -0.25) is 4.79 Å². The minimum Gasteiger partial charge on any atom is -0.371 e. The van der Waals surface area contributed by atoms with Crippen molar-refractivity contribution in [3.05, 3.63) is 48.2 Å². The molecule has 4 rings (SSSR count). The molecule has 3 heterocycles. The first-order valence-corrected chi connectivity index (χ1v) is 12.1. The molecule has 0 atom stereocenters. The normalized spacial score (nSPS) is 17.5. The molecule has 0 bridgehead atoms. The van der Waals surface area contributed by atoms with E-state index in [0.29, 0.717) is 31.7 Å². The van der Waals surface area contributed by atoms with Gasteiger partial charge in [0, 0.05) is 65.2 Å². The number of hydrogen-bond acceptors (Lipinski definition) is 6. The molecule has 1 amide bonds. The van der Waals surface area contributed by atoms with E-state index in [1.807, 2.05) is 23.1 Å². The van der Waals surface area contributed by atoms with E-state index in [1.54, 1.807) is 24.4 Å². The lowest BCUT2D eigenvalue weighted by Crippen LogP contribution is -2.49. The lowest BCUT2D eigenvalue weighted by Gasteiger charge is -2.36. The molecule has 2 aliphatic heterocycles. The largest absolute Gasteiger partial charge is 0.371 e. The number of carbonyl (C=O) groups excluding carboxylic acids is 1. The number of carbonyl (C=O) groups is 1. The Labute approximate surface area is 184 Å². The summed E-state index contributed by atoms with van der Waals surface area (Å²) in [6.07, 6.45) is 3.92. The van der Waals surface area contributed by atoms with Gasteiger partial charge in [0.1, 0.15) is 5.82 Å². The van der Waals surface area contributed by atoms with Crippen LogP contribution in [0.15, 0.2) is 47.5 Å². The highest BCUT2D eigenvalue weighted by Crippen LogP contribution is 2.29. The number of benzene rings is 1. The molecule has 1 aromatic heterocycles. The maximum absolute atomic E-state index is 13.5. The summed E-state index contributed by atoms with van der Waals surface area (Å²) >= 11 is 0. The molecular weight excluding hydrogens is 414 g/mol. The number of aromatic nitrogens is 1. The molecular formula is C22H29N5O3S. The summed E-state index contributed by atoms with van der Waals surface area (Å²) in [5.74, 6) is 0.796. The van der Waals surface area contributed by atoms with Crippen LogP contribution in [0, 0.1) is 0 Å².